The first kappa shape index (κ1) is 17.7. The minimum Gasteiger partial charge on any atom is -0.349 e. The van der Waals surface area contributed by atoms with Crippen LogP contribution in [0.2, 0.25) is 0 Å². The lowest BCUT2D eigenvalue weighted by molar-refractivity contribution is 0.0904. The molecule has 2 aromatic rings. The van der Waals surface area contributed by atoms with Gasteiger partial charge < -0.3 is 5.32 Å². The maximum atomic E-state index is 12.5. The van der Waals surface area contributed by atoms with Crippen LogP contribution in [0.4, 0.5) is 0 Å². The second-order valence-corrected chi connectivity index (χ2v) is 8.21. The highest BCUT2D eigenvalue weighted by Gasteiger charge is 2.30. The first-order valence-electron chi connectivity index (χ1n) is 9.25. The molecule has 1 aliphatic carbocycles. The molecule has 1 fully saturated rings. The van der Waals surface area contributed by atoms with Crippen LogP contribution in [-0.4, -0.2) is 16.9 Å². The van der Waals surface area contributed by atoms with Crippen LogP contribution in [0.25, 0.3) is 11.1 Å². The van der Waals surface area contributed by atoms with Crippen LogP contribution in [0.5, 0.6) is 0 Å². The van der Waals surface area contributed by atoms with Gasteiger partial charge >= 0.3 is 0 Å². The highest BCUT2D eigenvalue weighted by atomic mass is 16.1. The minimum absolute atomic E-state index is 0.0388. The Kier molecular flexibility index (Phi) is 5.22. The molecule has 1 saturated carbocycles. The standard InChI is InChI=1S/C22H28N2O/c1-22(2,3)19-10-12-20(13-11-19)24-21(25)17-8-6-16(7-9-17)18-5-4-14-23-15-18/h4-9,14-15,19-20H,10-13H2,1-3H3,(H,24,25). The Balaban J connectivity index is 1.57. The SMILES string of the molecule is CC(C)(C)C1CCC(NC(=O)c2ccc(-c3cccnc3)cc2)CC1. The highest BCUT2D eigenvalue weighted by Crippen LogP contribution is 2.37. The third-order valence-electron chi connectivity index (χ3n) is 5.43. The van der Waals surface area contributed by atoms with Gasteiger partial charge in [0, 0.05) is 24.0 Å². The number of nitrogens with zero attached hydrogens (tertiary/aromatic N) is 1. The molecule has 1 N–H and O–H groups in total. The summed E-state index contributed by atoms with van der Waals surface area (Å²) in [6, 6.07) is 12.0. The summed E-state index contributed by atoms with van der Waals surface area (Å²) in [5.41, 5.74) is 3.24. The molecular formula is C22H28N2O. The number of benzene rings is 1. The lowest BCUT2D eigenvalue weighted by Crippen LogP contribution is -2.39. The number of carbonyl (C=O) groups is 1. The average Bonchev–Trinajstić information content (AvgIpc) is 2.62. The molecule has 0 radical (unpaired) electrons. The Morgan fingerprint density at radius 1 is 1.00 bits per heavy atom. The molecule has 1 aromatic heterocycles. The second kappa shape index (κ2) is 7.38. The van der Waals surface area contributed by atoms with Gasteiger partial charge in [-0.05, 0) is 66.3 Å². The zero-order valence-electron chi connectivity index (χ0n) is 15.5. The molecule has 1 amide bonds. The van der Waals surface area contributed by atoms with Crippen molar-refractivity contribution in [2.75, 3.05) is 0 Å². The lowest BCUT2D eigenvalue weighted by Gasteiger charge is -2.37. The number of rotatable bonds is 3. The minimum atomic E-state index is 0.0388. The third-order valence-corrected chi connectivity index (χ3v) is 5.43. The first-order chi connectivity index (χ1) is 11.9. The smallest absolute Gasteiger partial charge is 0.251 e. The summed E-state index contributed by atoms with van der Waals surface area (Å²) in [7, 11) is 0. The zero-order chi connectivity index (χ0) is 17.9. The van der Waals surface area contributed by atoms with Crippen molar-refractivity contribution in [2.45, 2.75) is 52.5 Å². The molecule has 1 aromatic carbocycles. The molecule has 1 heterocycles. The Morgan fingerprint density at radius 2 is 1.68 bits per heavy atom. The second-order valence-electron chi connectivity index (χ2n) is 8.21. The molecular weight excluding hydrogens is 308 g/mol. The molecule has 0 unspecified atom stereocenters. The van der Waals surface area contributed by atoms with Crippen LogP contribution in [-0.2, 0) is 0 Å². The predicted molar refractivity (Wildman–Crippen MR) is 102 cm³/mol. The highest BCUT2D eigenvalue weighted by molar-refractivity contribution is 5.94. The number of nitrogens with one attached hydrogen (secondary N) is 1. The largest absolute Gasteiger partial charge is 0.349 e. The van der Waals surface area contributed by atoms with E-state index in [0.29, 0.717) is 11.5 Å². The van der Waals surface area contributed by atoms with Crippen LogP contribution in [0.3, 0.4) is 0 Å². The predicted octanol–water partition coefficient (Wildman–Crippen LogP) is 5.08. The van der Waals surface area contributed by atoms with Crippen LogP contribution in [0.1, 0.15) is 56.8 Å². The van der Waals surface area contributed by atoms with Gasteiger partial charge in [-0.25, -0.2) is 0 Å². The summed E-state index contributed by atoms with van der Waals surface area (Å²) in [5, 5.41) is 3.22. The molecule has 3 nitrogen and oxygen atoms in total. The van der Waals surface area contributed by atoms with Crippen molar-refractivity contribution >= 4 is 5.91 Å². The fourth-order valence-corrected chi connectivity index (χ4v) is 3.72. The van der Waals surface area contributed by atoms with Crippen LogP contribution in [0.15, 0.2) is 48.8 Å². The zero-order valence-corrected chi connectivity index (χ0v) is 15.5. The van der Waals surface area contributed by atoms with Gasteiger partial charge in [0.15, 0.2) is 0 Å². The van der Waals surface area contributed by atoms with E-state index in [1.807, 2.05) is 42.6 Å². The quantitative estimate of drug-likeness (QED) is 0.849. The molecule has 1 aliphatic rings. The van der Waals surface area contributed by atoms with E-state index in [1.165, 1.54) is 12.8 Å². The maximum absolute atomic E-state index is 12.5. The summed E-state index contributed by atoms with van der Waals surface area (Å²) in [5.74, 6) is 0.802. The van der Waals surface area contributed by atoms with E-state index in [2.05, 4.69) is 31.1 Å². The van der Waals surface area contributed by atoms with Crippen molar-refractivity contribution in [3.63, 3.8) is 0 Å². The molecule has 25 heavy (non-hydrogen) atoms. The van der Waals surface area contributed by atoms with Crippen LogP contribution < -0.4 is 5.32 Å². The molecule has 132 valence electrons. The van der Waals surface area contributed by atoms with Crippen molar-refractivity contribution < 1.29 is 4.79 Å². The van der Waals surface area contributed by atoms with Gasteiger partial charge in [0.1, 0.15) is 0 Å². The van der Waals surface area contributed by atoms with Gasteiger partial charge in [-0.1, -0.05) is 39.0 Å². The number of hydrogen-bond acceptors (Lipinski definition) is 2. The molecule has 0 saturated heterocycles. The van der Waals surface area contributed by atoms with Gasteiger partial charge in [-0.15, -0.1) is 0 Å². The number of pyridine rings is 1. The van der Waals surface area contributed by atoms with E-state index in [4.69, 9.17) is 0 Å². The lowest BCUT2D eigenvalue weighted by atomic mass is 9.71. The van der Waals surface area contributed by atoms with E-state index in [-0.39, 0.29) is 5.91 Å². The molecule has 3 rings (SSSR count). The van der Waals surface area contributed by atoms with E-state index in [1.54, 1.807) is 6.20 Å². The van der Waals surface area contributed by atoms with Crippen molar-refractivity contribution in [3.05, 3.63) is 54.4 Å². The number of aromatic nitrogens is 1. The van der Waals surface area contributed by atoms with Crippen LogP contribution >= 0.6 is 0 Å². The Labute approximate surface area is 150 Å². The molecule has 3 heteroatoms. The van der Waals surface area contributed by atoms with Crippen molar-refractivity contribution in [1.82, 2.24) is 10.3 Å². The van der Waals surface area contributed by atoms with Gasteiger partial charge in [-0.3, -0.25) is 9.78 Å². The Morgan fingerprint density at radius 3 is 2.24 bits per heavy atom. The van der Waals surface area contributed by atoms with E-state index < -0.39 is 0 Å². The average molecular weight is 336 g/mol. The summed E-state index contributed by atoms with van der Waals surface area (Å²) in [6.45, 7) is 6.96. The Bertz CT molecular complexity index is 693. The normalized spacial score (nSPS) is 20.9. The number of carbonyl (C=O) groups excluding carboxylic acids is 1. The fraction of sp³-hybridized carbons (Fsp3) is 0.455. The fourth-order valence-electron chi connectivity index (χ4n) is 3.72. The summed E-state index contributed by atoms with van der Waals surface area (Å²) in [4.78, 5) is 16.7. The molecule has 0 aliphatic heterocycles. The number of amides is 1. The Hall–Kier alpha value is -2.16. The van der Waals surface area contributed by atoms with Gasteiger partial charge in [0.25, 0.3) is 5.91 Å². The first-order valence-corrected chi connectivity index (χ1v) is 9.25. The van der Waals surface area contributed by atoms with Gasteiger partial charge in [0.2, 0.25) is 0 Å². The monoisotopic (exact) mass is 336 g/mol. The summed E-state index contributed by atoms with van der Waals surface area (Å²) < 4.78 is 0. The molecule has 0 spiro atoms. The van der Waals surface area contributed by atoms with E-state index >= 15 is 0 Å². The summed E-state index contributed by atoms with van der Waals surface area (Å²) >= 11 is 0. The van der Waals surface area contributed by atoms with E-state index in [9.17, 15) is 4.79 Å². The topological polar surface area (TPSA) is 42.0 Å². The van der Waals surface area contributed by atoms with Gasteiger partial charge in [0.05, 0.1) is 0 Å². The van der Waals surface area contributed by atoms with Crippen molar-refractivity contribution in [2.24, 2.45) is 11.3 Å². The van der Waals surface area contributed by atoms with Gasteiger partial charge in [-0.2, -0.15) is 0 Å². The van der Waals surface area contributed by atoms with E-state index in [0.717, 1.165) is 35.4 Å². The maximum Gasteiger partial charge on any atom is 0.251 e. The summed E-state index contributed by atoms with van der Waals surface area (Å²) in [6.07, 6.45) is 8.17. The van der Waals surface area contributed by atoms with Crippen molar-refractivity contribution in [1.29, 1.82) is 0 Å². The third kappa shape index (κ3) is 4.47. The molecule has 0 atom stereocenters. The molecule has 0 bridgehead atoms. The number of hydrogen-bond donors (Lipinski definition) is 1. The van der Waals surface area contributed by atoms with Crippen LogP contribution in [0, 0.1) is 11.3 Å². The van der Waals surface area contributed by atoms with Crippen molar-refractivity contribution in [3.8, 4) is 11.1 Å².